The molecule has 5 nitrogen and oxygen atoms in total. The van der Waals surface area contributed by atoms with E-state index in [-0.39, 0.29) is 25.2 Å². The van der Waals surface area contributed by atoms with Crippen molar-refractivity contribution in [2.75, 3.05) is 19.8 Å². The lowest BCUT2D eigenvalue weighted by Crippen LogP contribution is -2.30. The molecule has 0 aromatic rings. The van der Waals surface area contributed by atoms with Crippen LogP contribution in [0.3, 0.4) is 0 Å². The van der Waals surface area contributed by atoms with Gasteiger partial charge in [-0.25, -0.2) is 0 Å². The van der Waals surface area contributed by atoms with Gasteiger partial charge >= 0.3 is 11.9 Å². The zero-order valence-corrected chi connectivity index (χ0v) is 41.6. The summed E-state index contributed by atoms with van der Waals surface area (Å²) >= 11 is 0. The number of hydrogen-bond acceptors (Lipinski definition) is 5. The molecule has 62 heavy (non-hydrogen) atoms. The van der Waals surface area contributed by atoms with Gasteiger partial charge in [0.15, 0.2) is 6.10 Å². The van der Waals surface area contributed by atoms with E-state index < -0.39 is 6.10 Å². The van der Waals surface area contributed by atoms with Crippen LogP contribution >= 0.6 is 0 Å². The molecule has 0 heterocycles. The molecule has 0 radical (unpaired) electrons. The normalized spacial score (nSPS) is 12.5. The van der Waals surface area contributed by atoms with Crippen LogP contribution in [-0.2, 0) is 23.8 Å². The molecule has 0 aromatic carbocycles. The fourth-order valence-electron chi connectivity index (χ4n) is 7.86. The van der Waals surface area contributed by atoms with Gasteiger partial charge in [-0.15, -0.1) is 0 Å². The fourth-order valence-corrected chi connectivity index (χ4v) is 7.86. The number of esters is 2. The van der Waals surface area contributed by atoms with Gasteiger partial charge in [-0.1, -0.05) is 256 Å². The van der Waals surface area contributed by atoms with Crippen molar-refractivity contribution in [3.8, 4) is 0 Å². The Hall–Kier alpha value is -2.14. The van der Waals surface area contributed by atoms with Crippen molar-refractivity contribution >= 4 is 11.9 Å². The lowest BCUT2D eigenvalue weighted by Gasteiger charge is -2.18. The summed E-state index contributed by atoms with van der Waals surface area (Å²) in [5, 5.41) is 0. The zero-order chi connectivity index (χ0) is 44.9. The molecule has 0 rings (SSSR count). The Kier molecular flexibility index (Phi) is 51.4. The molecule has 0 aromatic heterocycles. The van der Waals surface area contributed by atoms with E-state index in [1.54, 1.807) is 0 Å². The summed E-state index contributed by atoms with van der Waals surface area (Å²) in [5.41, 5.74) is 0. The van der Waals surface area contributed by atoms with E-state index in [0.717, 1.165) is 70.6 Å². The molecule has 0 amide bonds. The first-order valence-corrected chi connectivity index (χ1v) is 27.2. The molecule has 0 saturated carbocycles. The highest BCUT2D eigenvalue weighted by Gasteiger charge is 2.17. The average molecular weight is 869 g/mol. The molecule has 0 N–H and O–H groups in total. The molecule has 1 unspecified atom stereocenters. The van der Waals surface area contributed by atoms with Gasteiger partial charge in [-0.2, -0.15) is 0 Å². The maximum absolute atomic E-state index is 12.8. The predicted molar refractivity (Wildman–Crippen MR) is 270 cm³/mol. The minimum Gasteiger partial charge on any atom is -0.462 e. The molecule has 0 spiro atoms. The second kappa shape index (κ2) is 53.2. The lowest BCUT2D eigenvalue weighted by atomic mass is 10.0. The van der Waals surface area contributed by atoms with Crippen LogP contribution in [0.4, 0.5) is 0 Å². The van der Waals surface area contributed by atoms with Gasteiger partial charge in [-0.3, -0.25) is 9.59 Å². The van der Waals surface area contributed by atoms with Crippen LogP contribution in [0.25, 0.3) is 0 Å². The van der Waals surface area contributed by atoms with Gasteiger partial charge in [0.25, 0.3) is 0 Å². The van der Waals surface area contributed by atoms with Gasteiger partial charge < -0.3 is 14.2 Å². The number of carbonyl (C=O) groups excluding carboxylic acids is 2. The highest BCUT2D eigenvalue weighted by molar-refractivity contribution is 5.70. The van der Waals surface area contributed by atoms with Crippen LogP contribution in [-0.4, -0.2) is 37.9 Å². The molecule has 362 valence electrons. The molecule has 0 saturated heterocycles. The summed E-state index contributed by atoms with van der Waals surface area (Å²) in [6, 6.07) is 0. The van der Waals surface area contributed by atoms with Crippen LogP contribution in [0.5, 0.6) is 0 Å². The third kappa shape index (κ3) is 50.5. The van der Waals surface area contributed by atoms with Crippen molar-refractivity contribution in [3.05, 3.63) is 48.6 Å². The van der Waals surface area contributed by atoms with Gasteiger partial charge in [0, 0.05) is 19.4 Å². The van der Waals surface area contributed by atoms with Crippen molar-refractivity contribution in [3.63, 3.8) is 0 Å². The Balaban J connectivity index is 4.26. The molecule has 0 aliphatic carbocycles. The summed E-state index contributed by atoms with van der Waals surface area (Å²) in [4.78, 5) is 25.4. The summed E-state index contributed by atoms with van der Waals surface area (Å²) < 4.78 is 17.4. The van der Waals surface area contributed by atoms with E-state index in [9.17, 15) is 9.59 Å². The third-order valence-corrected chi connectivity index (χ3v) is 11.9. The molecule has 0 bridgehead atoms. The van der Waals surface area contributed by atoms with Crippen molar-refractivity contribution in [2.24, 2.45) is 0 Å². The van der Waals surface area contributed by atoms with Crippen LogP contribution in [0.1, 0.15) is 278 Å². The van der Waals surface area contributed by atoms with Crippen molar-refractivity contribution < 1.29 is 23.8 Å². The Morgan fingerprint density at radius 2 is 0.726 bits per heavy atom. The van der Waals surface area contributed by atoms with Gasteiger partial charge in [0.05, 0.1) is 6.61 Å². The van der Waals surface area contributed by atoms with Crippen LogP contribution in [0.15, 0.2) is 48.6 Å². The summed E-state index contributed by atoms with van der Waals surface area (Å²) in [7, 11) is 0. The van der Waals surface area contributed by atoms with Gasteiger partial charge in [-0.05, 0) is 57.8 Å². The summed E-state index contributed by atoms with van der Waals surface area (Å²) in [6.45, 7) is 7.72. The topological polar surface area (TPSA) is 61.8 Å². The van der Waals surface area contributed by atoms with Crippen LogP contribution < -0.4 is 0 Å². The maximum atomic E-state index is 12.8. The van der Waals surface area contributed by atoms with Gasteiger partial charge in [0.1, 0.15) is 6.61 Å². The Morgan fingerprint density at radius 1 is 0.371 bits per heavy atom. The van der Waals surface area contributed by atoms with Crippen molar-refractivity contribution in [2.45, 2.75) is 284 Å². The second-order valence-corrected chi connectivity index (χ2v) is 18.1. The molecule has 0 aliphatic rings. The number of ether oxygens (including phenoxy) is 3. The fraction of sp³-hybridized carbons (Fsp3) is 0.825. The largest absolute Gasteiger partial charge is 0.462 e. The lowest BCUT2D eigenvalue weighted by molar-refractivity contribution is -0.163. The van der Waals surface area contributed by atoms with E-state index in [1.165, 1.54) is 173 Å². The van der Waals surface area contributed by atoms with Crippen molar-refractivity contribution in [1.82, 2.24) is 0 Å². The first kappa shape index (κ1) is 59.9. The third-order valence-electron chi connectivity index (χ3n) is 11.9. The minimum atomic E-state index is -0.541. The van der Waals surface area contributed by atoms with E-state index in [0.29, 0.717) is 19.4 Å². The standard InChI is InChI=1S/C57H104O5/c1-4-7-10-13-16-19-22-25-27-28-29-31-34-37-40-43-46-49-52-60-53-55(62-57(59)51-48-45-42-39-36-32-24-21-18-15-12-9-6-3)54-61-56(58)50-47-44-41-38-35-33-30-26-23-20-17-14-11-8-5-2/h7,10,16,19,25,27,29,31,55H,4-6,8-9,11-15,17-18,20-24,26,28,30,32-54H2,1-3H3/b10-7-,19-16-,27-25-,31-29-. The predicted octanol–water partition coefficient (Wildman–Crippen LogP) is 18.3. The summed E-state index contributed by atoms with van der Waals surface area (Å²) in [5.74, 6) is -0.393. The number of unbranched alkanes of at least 4 members (excludes halogenated alkanes) is 31. The molecule has 0 fully saturated rings. The monoisotopic (exact) mass is 869 g/mol. The highest BCUT2D eigenvalue weighted by Crippen LogP contribution is 2.16. The van der Waals surface area contributed by atoms with E-state index in [1.807, 2.05) is 0 Å². The van der Waals surface area contributed by atoms with E-state index >= 15 is 0 Å². The number of allylic oxidation sites excluding steroid dienone is 8. The first-order chi connectivity index (χ1) is 30.6. The Labute approximate surface area is 386 Å². The summed E-state index contributed by atoms with van der Waals surface area (Å²) in [6.07, 6.45) is 65.5. The minimum absolute atomic E-state index is 0.0826. The molecule has 0 aliphatic heterocycles. The highest BCUT2D eigenvalue weighted by atomic mass is 16.6. The first-order valence-electron chi connectivity index (χ1n) is 27.2. The maximum Gasteiger partial charge on any atom is 0.306 e. The smallest absolute Gasteiger partial charge is 0.306 e. The van der Waals surface area contributed by atoms with E-state index in [4.69, 9.17) is 14.2 Å². The Morgan fingerprint density at radius 3 is 1.16 bits per heavy atom. The van der Waals surface area contributed by atoms with Crippen molar-refractivity contribution in [1.29, 1.82) is 0 Å². The zero-order valence-electron chi connectivity index (χ0n) is 41.6. The number of carbonyl (C=O) groups is 2. The average Bonchev–Trinajstić information content (AvgIpc) is 3.27. The van der Waals surface area contributed by atoms with E-state index in [2.05, 4.69) is 69.4 Å². The SMILES string of the molecule is CC/C=C\C/C=C\C/C=C\C/C=C\CCCCCCCOCC(COC(=O)CCCCCCCCCCCCCCCCC)OC(=O)CCCCCCCCCCCCCCC. The molecule has 1 atom stereocenters. The molecular weight excluding hydrogens is 765 g/mol. The number of hydrogen-bond donors (Lipinski definition) is 0. The molecular formula is C57H104O5. The quantitative estimate of drug-likeness (QED) is 0.0346. The van der Waals surface area contributed by atoms with Crippen LogP contribution in [0, 0.1) is 0 Å². The number of rotatable bonds is 50. The van der Waals surface area contributed by atoms with Gasteiger partial charge in [0.2, 0.25) is 0 Å². The molecule has 5 heteroatoms. The van der Waals surface area contributed by atoms with Crippen LogP contribution in [0.2, 0.25) is 0 Å². The second-order valence-electron chi connectivity index (χ2n) is 18.1. The Bertz CT molecular complexity index is 1030.